The minimum Gasteiger partial charge on any atom is -0.311 e. The Labute approximate surface area is 129 Å². The van der Waals surface area contributed by atoms with E-state index in [0.29, 0.717) is 12.1 Å². The number of hydrogen-bond donors (Lipinski definition) is 0. The van der Waals surface area contributed by atoms with Crippen LogP contribution in [0.4, 0.5) is 0 Å². The molecule has 0 atom stereocenters. The molecule has 0 N–H and O–H groups in total. The fraction of sp³-hybridized carbons (Fsp3) is 0.158. The van der Waals surface area contributed by atoms with Gasteiger partial charge in [0, 0.05) is 11.6 Å². The van der Waals surface area contributed by atoms with Crippen LogP contribution in [0.25, 0.3) is 10.8 Å². The van der Waals surface area contributed by atoms with Crippen molar-refractivity contribution in [2.75, 3.05) is 0 Å². The van der Waals surface area contributed by atoms with Gasteiger partial charge in [-0.2, -0.15) is 5.26 Å². The van der Waals surface area contributed by atoms with Crippen molar-refractivity contribution in [3.63, 3.8) is 0 Å². The molecule has 0 spiro atoms. The lowest BCUT2D eigenvalue weighted by atomic mass is 10.1. The molecule has 0 unspecified atom stereocenters. The monoisotopic (exact) mass is 288 g/mol. The fourth-order valence-corrected chi connectivity index (χ4v) is 2.56. The summed E-state index contributed by atoms with van der Waals surface area (Å²) in [5.74, 6) is 0. The highest BCUT2D eigenvalue weighted by Crippen LogP contribution is 2.13. The minimum absolute atomic E-state index is 0.0181. The molecule has 0 saturated carbocycles. The topological polar surface area (TPSA) is 45.8 Å². The predicted octanol–water partition coefficient (Wildman–Crippen LogP) is 3.48. The maximum Gasteiger partial charge on any atom is 0.258 e. The molecule has 0 amide bonds. The van der Waals surface area contributed by atoms with E-state index in [0.717, 1.165) is 22.8 Å². The number of nitriles is 1. The normalized spacial score (nSPS) is 10.5. The highest BCUT2D eigenvalue weighted by molar-refractivity contribution is 5.82. The number of benzene rings is 2. The third-order valence-electron chi connectivity index (χ3n) is 3.89. The van der Waals surface area contributed by atoms with Crippen molar-refractivity contribution in [2.45, 2.75) is 19.9 Å². The van der Waals surface area contributed by atoms with Gasteiger partial charge in [0.1, 0.15) is 0 Å². The second kappa shape index (κ2) is 5.87. The Kier molecular flexibility index (Phi) is 3.76. The lowest BCUT2D eigenvalue weighted by molar-refractivity contribution is 0.768. The molecule has 0 aliphatic carbocycles. The van der Waals surface area contributed by atoms with Gasteiger partial charge >= 0.3 is 0 Å². The van der Waals surface area contributed by atoms with E-state index < -0.39 is 0 Å². The molecular weight excluding hydrogens is 272 g/mol. The Morgan fingerprint density at radius 1 is 1.05 bits per heavy atom. The van der Waals surface area contributed by atoms with Crippen LogP contribution in [0.2, 0.25) is 0 Å². The molecule has 2 aromatic carbocycles. The SMILES string of the molecule is CCc1ccc2c(=O)n(Cc3ccc(C#N)cc3)ccc2c1. The van der Waals surface area contributed by atoms with E-state index in [1.165, 1.54) is 5.56 Å². The summed E-state index contributed by atoms with van der Waals surface area (Å²) in [6.45, 7) is 2.61. The van der Waals surface area contributed by atoms with Crippen molar-refractivity contribution in [1.29, 1.82) is 5.26 Å². The van der Waals surface area contributed by atoms with Crippen molar-refractivity contribution in [2.24, 2.45) is 0 Å². The van der Waals surface area contributed by atoms with Crippen molar-refractivity contribution in [3.8, 4) is 6.07 Å². The average Bonchev–Trinajstić information content (AvgIpc) is 2.57. The molecule has 1 heterocycles. The molecule has 0 fully saturated rings. The lowest BCUT2D eigenvalue weighted by Gasteiger charge is -2.08. The second-order valence-electron chi connectivity index (χ2n) is 5.33. The Bertz CT molecular complexity index is 915. The molecule has 0 aliphatic heterocycles. The van der Waals surface area contributed by atoms with Gasteiger partial charge in [0.25, 0.3) is 5.56 Å². The number of hydrogen-bond acceptors (Lipinski definition) is 2. The molecule has 3 heteroatoms. The summed E-state index contributed by atoms with van der Waals surface area (Å²) in [5, 5.41) is 10.5. The summed E-state index contributed by atoms with van der Waals surface area (Å²) in [5.41, 5.74) is 2.88. The maximum absolute atomic E-state index is 12.6. The molecule has 0 saturated heterocycles. The number of nitrogens with zero attached hydrogens (tertiary/aromatic N) is 2. The van der Waals surface area contributed by atoms with Gasteiger partial charge < -0.3 is 4.57 Å². The maximum atomic E-state index is 12.6. The van der Waals surface area contributed by atoms with E-state index in [-0.39, 0.29) is 5.56 Å². The zero-order valence-corrected chi connectivity index (χ0v) is 12.4. The number of rotatable bonds is 3. The molecular formula is C19H16N2O. The molecule has 3 aromatic rings. The number of aryl methyl sites for hydroxylation is 1. The fourth-order valence-electron chi connectivity index (χ4n) is 2.56. The first-order valence-electron chi connectivity index (χ1n) is 7.32. The molecule has 22 heavy (non-hydrogen) atoms. The van der Waals surface area contributed by atoms with Crippen molar-refractivity contribution >= 4 is 10.8 Å². The molecule has 0 radical (unpaired) electrons. The number of pyridine rings is 1. The van der Waals surface area contributed by atoms with Gasteiger partial charge in [-0.25, -0.2) is 0 Å². The zero-order valence-electron chi connectivity index (χ0n) is 12.4. The van der Waals surface area contributed by atoms with E-state index in [1.807, 2.05) is 36.5 Å². The van der Waals surface area contributed by atoms with Crippen LogP contribution in [0.5, 0.6) is 0 Å². The summed E-state index contributed by atoms with van der Waals surface area (Å²) < 4.78 is 1.70. The quantitative estimate of drug-likeness (QED) is 0.740. The van der Waals surface area contributed by atoms with Crippen LogP contribution in [0, 0.1) is 11.3 Å². The van der Waals surface area contributed by atoms with E-state index in [2.05, 4.69) is 19.1 Å². The minimum atomic E-state index is 0.0181. The van der Waals surface area contributed by atoms with Crippen LogP contribution >= 0.6 is 0 Å². The first kappa shape index (κ1) is 14.1. The van der Waals surface area contributed by atoms with Crippen LogP contribution in [0.1, 0.15) is 23.6 Å². The van der Waals surface area contributed by atoms with E-state index in [4.69, 9.17) is 5.26 Å². The van der Waals surface area contributed by atoms with Gasteiger partial charge in [-0.1, -0.05) is 31.2 Å². The number of aromatic nitrogens is 1. The average molecular weight is 288 g/mol. The standard InChI is InChI=1S/C19H16N2O/c1-2-14-7-8-18-17(11-14)9-10-21(19(18)22)13-16-5-3-15(12-20)4-6-16/h3-11H,2,13H2,1H3. The highest BCUT2D eigenvalue weighted by atomic mass is 16.1. The molecule has 0 bridgehead atoms. The summed E-state index contributed by atoms with van der Waals surface area (Å²) in [6, 6.07) is 17.4. The van der Waals surface area contributed by atoms with E-state index in [9.17, 15) is 4.79 Å². The third kappa shape index (κ3) is 2.64. The first-order chi connectivity index (χ1) is 10.7. The first-order valence-corrected chi connectivity index (χ1v) is 7.32. The molecule has 3 rings (SSSR count). The third-order valence-corrected chi connectivity index (χ3v) is 3.89. The summed E-state index contributed by atoms with van der Waals surface area (Å²) in [7, 11) is 0. The molecule has 3 nitrogen and oxygen atoms in total. The van der Waals surface area contributed by atoms with E-state index in [1.54, 1.807) is 16.7 Å². The van der Waals surface area contributed by atoms with Crippen LogP contribution in [0.3, 0.4) is 0 Å². The Morgan fingerprint density at radius 3 is 2.45 bits per heavy atom. The van der Waals surface area contributed by atoms with Gasteiger partial charge in [-0.3, -0.25) is 4.79 Å². The van der Waals surface area contributed by atoms with Crippen molar-refractivity contribution < 1.29 is 0 Å². The zero-order chi connectivity index (χ0) is 15.5. The smallest absolute Gasteiger partial charge is 0.258 e. The van der Waals surface area contributed by atoms with Crippen molar-refractivity contribution in [1.82, 2.24) is 4.57 Å². The van der Waals surface area contributed by atoms with Crippen molar-refractivity contribution in [3.05, 3.63) is 81.8 Å². The predicted molar refractivity (Wildman–Crippen MR) is 87.8 cm³/mol. The van der Waals surface area contributed by atoms with E-state index >= 15 is 0 Å². The van der Waals surface area contributed by atoms with Gasteiger partial charge in [-0.15, -0.1) is 0 Å². The molecule has 0 aliphatic rings. The largest absolute Gasteiger partial charge is 0.311 e. The van der Waals surface area contributed by atoms with Gasteiger partial charge in [-0.05, 0) is 47.2 Å². The molecule has 1 aromatic heterocycles. The highest BCUT2D eigenvalue weighted by Gasteiger charge is 2.04. The Hall–Kier alpha value is -2.86. The van der Waals surface area contributed by atoms with Crippen LogP contribution < -0.4 is 5.56 Å². The summed E-state index contributed by atoms with van der Waals surface area (Å²) >= 11 is 0. The van der Waals surface area contributed by atoms with Gasteiger partial charge in [0.15, 0.2) is 0 Å². The van der Waals surface area contributed by atoms with Crippen LogP contribution in [-0.2, 0) is 13.0 Å². The summed E-state index contributed by atoms with van der Waals surface area (Å²) in [6.07, 6.45) is 2.80. The van der Waals surface area contributed by atoms with Crippen LogP contribution in [-0.4, -0.2) is 4.57 Å². The Balaban J connectivity index is 1.99. The van der Waals surface area contributed by atoms with Gasteiger partial charge in [0.05, 0.1) is 18.2 Å². The Morgan fingerprint density at radius 2 is 1.77 bits per heavy atom. The second-order valence-corrected chi connectivity index (χ2v) is 5.33. The summed E-state index contributed by atoms with van der Waals surface area (Å²) in [4.78, 5) is 12.6. The number of fused-ring (bicyclic) bond motifs is 1. The molecule has 108 valence electrons. The lowest BCUT2D eigenvalue weighted by Crippen LogP contribution is -2.20. The van der Waals surface area contributed by atoms with Crippen LogP contribution in [0.15, 0.2) is 59.5 Å². The van der Waals surface area contributed by atoms with Gasteiger partial charge in [0.2, 0.25) is 0 Å².